The van der Waals surface area contributed by atoms with Crippen LogP contribution in [0.25, 0.3) is 0 Å². The van der Waals surface area contributed by atoms with Crippen molar-refractivity contribution in [3.63, 3.8) is 0 Å². The van der Waals surface area contributed by atoms with Crippen molar-refractivity contribution < 1.29 is 14.1 Å². The Balaban J connectivity index is 0.00000400. The summed E-state index contributed by atoms with van der Waals surface area (Å²) in [6.07, 6.45) is -0.819. The van der Waals surface area contributed by atoms with E-state index in [2.05, 4.69) is 0 Å². The lowest BCUT2D eigenvalue weighted by Crippen LogP contribution is -2.26. The maximum Gasteiger partial charge on any atom is 0.306 e. The molecular formula is C14H23BrNO3PS. The van der Waals surface area contributed by atoms with Crippen LogP contribution >= 0.6 is 23.2 Å². The van der Waals surface area contributed by atoms with E-state index in [-0.39, 0.29) is 35.2 Å². The molecule has 7 heteroatoms. The molecule has 0 heterocycles. The number of hydrogen-bond acceptors (Lipinski definition) is 5. The Morgan fingerprint density at radius 1 is 1.38 bits per heavy atom. The Bertz CT molecular complexity index is 473. The molecule has 0 aliphatic heterocycles. The summed E-state index contributed by atoms with van der Waals surface area (Å²) < 4.78 is 10.4. The van der Waals surface area contributed by atoms with E-state index in [0.717, 1.165) is 5.56 Å². The van der Waals surface area contributed by atoms with Gasteiger partial charge in [-0.1, -0.05) is 42.1 Å². The van der Waals surface area contributed by atoms with Gasteiger partial charge in [0, 0.05) is 13.3 Å². The minimum absolute atomic E-state index is 0. The summed E-state index contributed by atoms with van der Waals surface area (Å²) in [6.45, 7) is 2.16. The van der Waals surface area contributed by atoms with Crippen LogP contribution in [0.2, 0.25) is 0 Å². The number of ether oxygens (including phenoxy) is 1. The highest BCUT2D eigenvalue weighted by Crippen LogP contribution is 2.51. The number of carbonyl (C=O) groups is 1. The van der Waals surface area contributed by atoms with Gasteiger partial charge in [0.05, 0.1) is 25.1 Å². The van der Waals surface area contributed by atoms with Crippen LogP contribution in [0.3, 0.4) is 0 Å². The predicted molar refractivity (Wildman–Crippen MR) is 95.9 cm³/mol. The topological polar surface area (TPSA) is 61.5 Å². The molecule has 0 saturated carbocycles. The predicted octanol–water partition coefficient (Wildman–Crippen LogP) is 3.09. The first-order valence-electron chi connectivity index (χ1n) is 6.61. The summed E-state index contributed by atoms with van der Waals surface area (Å²) in [6, 6.07) is 9.93. The summed E-state index contributed by atoms with van der Waals surface area (Å²) in [5.41, 5.74) is 7.35. The van der Waals surface area contributed by atoms with E-state index >= 15 is 0 Å². The second kappa shape index (κ2) is 10.5. The quantitative estimate of drug-likeness (QED) is 0.541. The molecule has 0 spiro atoms. The zero-order chi connectivity index (χ0) is 15.0. The second-order valence-corrected chi connectivity index (χ2v) is 9.23. The van der Waals surface area contributed by atoms with E-state index < -0.39 is 6.26 Å². The molecule has 2 atom stereocenters. The molecule has 0 radical (unpaired) electrons. The summed E-state index contributed by atoms with van der Waals surface area (Å²) >= 11 is 5.58. The largest absolute Gasteiger partial charge is 0.466 e. The zero-order valence-electron chi connectivity index (χ0n) is 12.4. The standard InChI is InChI=1S/C14H22NO3PS.BrH/c1-3-18-14(16)9-10-19(20,17-2)13(15)11-12-7-5-4-6-8-12;/h4-8,13H,3,9-11,15H2,1-2H3;1H. The molecular weight excluding hydrogens is 373 g/mol. The highest BCUT2D eigenvalue weighted by Gasteiger charge is 2.26. The van der Waals surface area contributed by atoms with Crippen LogP contribution in [-0.4, -0.2) is 31.6 Å². The third-order valence-electron chi connectivity index (χ3n) is 3.03. The number of halogens is 1. The highest BCUT2D eigenvalue weighted by atomic mass is 79.9. The third-order valence-corrected chi connectivity index (χ3v) is 7.50. The molecule has 0 fully saturated rings. The second-order valence-electron chi connectivity index (χ2n) is 4.44. The highest BCUT2D eigenvalue weighted by molar-refractivity contribution is 8.93. The molecule has 1 aromatic rings. The molecule has 120 valence electrons. The van der Waals surface area contributed by atoms with Crippen molar-refractivity contribution in [1.82, 2.24) is 0 Å². The van der Waals surface area contributed by atoms with Crippen molar-refractivity contribution in [2.24, 2.45) is 5.73 Å². The van der Waals surface area contributed by atoms with Gasteiger partial charge in [-0.25, -0.2) is 0 Å². The fraction of sp³-hybridized carbons (Fsp3) is 0.500. The average molecular weight is 396 g/mol. The fourth-order valence-electron chi connectivity index (χ4n) is 1.87. The van der Waals surface area contributed by atoms with Crippen LogP contribution in [0.1, 0.15) is 18.9 Å². The Kier molecular flexibility index (Phi) is 10.3. The van der Waals surface area contributed by atoms with E-state index in [4.69, 9.17) is 26.8 Å². The summed E-state index contributed by atoms with van der Waals surface area (Å²) in [5, 5.41) is 0. The first-order chi connectivity index (χ1) is 9.51. The van der Waals surface area contributed by atoms with Gasteiger partial charge in [0.2, 0.25) is 0 Å². The van der Waals surface area contributed by atoms with E-state index in [9.17, 15) is 4.79 Å². The van der Waals surface area contributed by atoms with Crippen molar-refractivity contribution in [3.8, 4) is 0 Å². The normalized spacial score (nSPS) is 14.6. The third kappa shape index (κ3) is 7.02. The molecule has 1 rings (SSSR count). The van der Waals surface area contributed by atoms with Crippen molar-refractivity contribution in [3.05, 3.63) is 35.9 Å². The maximum absolute atomic E-state index is 11.4. The number of esters is 1. The summed E-state index contributed by atoms with van der Waals surface area (Å²) in [4.78, 5) is 11.4. The van der Waals surface area contributed by atoms with E-state index in [1.54, 1.807) is 14.0 Å². The Morgan fingerprint density at radius 2 is 2.00 bits per heavy atom. The van der Waals surface area contributed by atoms with Crippen molar-refractivity contribution in [2.75, 3.05) is 19.9 Å². The first-order valence-corrected chi connectivity index (χ1v) is 9.59. The van der Waals surface area contributed by atoms with Crippen LogP contribution in [-0.2, 0) is 32.3 Å². The van der Waals surface area contributed by atoms with Crippen molar-refractivity contribution in [1.29, 1.82) is 0 Å². The lowest BCUT2D eigenvalue weighted by Gasteiger charge is -2.26. The van der Waals surface area contributed by atoms with Gasteiger partial charge in [-0.3, -0.25) is 4.79 Å². The SMILES string of the molecule is Br.CCOC(=O)CCP(=S)(OC)C(N)Cc1ccccc1. The van der Waals surface area contributed by atoms with Crippen LogP contribution in [0.15, 0.2) is 30.3 Å². The van der Waals surface area contributed by atoms with Crippen molar-refractivity contribution in [2.45, 2.75) is 25.5 Å². The summed E-state index contributed by atoms with van der Waals surface area (Å²) in [7, 11) is 1.58. The number of rotatable bonds is 8. The van der Waals surface area contributed by atoms with E-state index in [1.165, 1.54) is 0 Å². The lowest BCUT2D eigenvalue weighted by molar-refractivity contribution is -0.142. The molecule has 1 aromatic carbocycles. The smallest absolute Gasteiger partial charge is 0.306 e. The Morgan fingerprint density at radius 3 is 2.52 bits per heavy atom. The van der Waals surface area contributed by atoms with Gasteiger partial charge in [-0.05, 0) is 18.9 Å². The molecule has 0 bridgehead atoms. The Labute approximate surface area is 142 Å². The maximum atomic E-state index is 11.4. The summed E-state index contributed by atoms with van der Waals surface area (Å²) in [5.74, 6) is -0.495. The molecule has 0 aliphatic rings. The molecule has 2 unspecified atom stereocenters. The van der Waals surface area contributed by atoms with Crippen LogP contribution in [0.4, 0.5) is 0 Å². The molecule has 0 aliphatic carbocycles. The molecule has 0 saturated heterocycles. The molecule has 0 amide bonds. The minimum atomic E-state index is -2.22. The van der Waals surface area contributed by atoms with Gasteiger partial charge < -0.3 is 15.0 Å². The van der Waals surface area contributed by atoms with Gasteiger partial charge >= 0.3 is 5.97 Å². The molecule has 2 N–H and O–H groups in total. The fourth-order valence-corrected chi connectivity index (χ4v) is 4.13. The number of hydrogen-bond donors (Lipinski definition) is 1. The lowest BCUT2D eigenvalue weighted by atomic mass is 10.1. The van der Waals surface area contributed by atoms with Gasteiger partial charge in [0.1, 0.15) is 0 Å². The van der Waals surface area contributed by atoms with Gasteiger partial charge in [-0.2, -0.15) is 0 Å². The number of benzene rings is 1. The van der Waals surface area contributed by atoms with Crippen molar-refractivity contribution >= 4 is 41.0 Å². The number of nitrogens with two attached hydrogens (primary N) is 1. The van der Waals surface area contributed by atoms with Crippen LogP contribution < -0.4 is 5.73 Å². The Hall–Kier alpha value is -0.260. The van der Waals surface area contributed by atoms with Gasteiger partial charge in [0.15, 0.2) is 0 Å². The van der Waals surface area contributed by atoms with Gasteiger partial charge in [0.25, 0.3) is 0 Å². The van der Waals surface area contributed by atoms with Crippen LogP contribution in [0.5, 0.6) is 0 Å². The average Bonchev–Trinajstić information content (AvgIpc) is 2.46. The van der Waals surface area contributed by atoms with Gasteiger partial charge in [-0.15, -0.1) is 17.0 Å². The molecule has 4 nitrogen and oxygen atoms in total. The number of carbonyl (C=O) groups excluding carboxylic acids is 1. The van der Waals surface area contributed by atoms with E-state index in [0.29, 0.717) is 19.2 Å². The molecule has 0 aromatic heterocycles. The molecule has 21 heavy (non-hydrogen) atoms. The van der Waals surface area contributed by atoms with Crippen LogP contribution in [0, 0.1) is 0 Å². The first kappa shape index (κ1) is 20.7. The zero-order valence-corrected chi connectivity index (χ0v) is 15.8. The monoisotopic (exact) mass is 395 g/mol. The van der Waals surface area contributed by atoms with E-state index in [1.807, 2.05) is 30.3 Å². The minimum Gasteiger partial charge on any atom is -0.466 e.